The summed E-state index contributed by atoms with van der Waals surface area (Å²) in [4.78, 5) is 11.5. The summed E-state index contributed by atoms with van der Waals surface area (Å²) in [7, 11) is 3.16. The van der Waals surface area contributed by atoms with Crippen LogP contribution in [0.4, 0.5) is 0 Å². The van der Waals surface area contributed by atoms with Gasteiger partial charge in [0.1, 0.15) is 17.2 Å². The second kappa shape index (κ2) is 4.40. The van der Waals surface area contributed by atoms with Crippen molar-refractivity contribution in [3.8, 4) is 17.2 Å². The summed E-state index contributed by atoms with van der Waals surface area (Å²) in [5.41, 5.74) is 0.664. The monoisotopic (exact) mass is 237 g/mol. The molecule has 0 aliphatic carbocycles. The molecular formula is C11H11NO3S. The van der Waals surface area contributed by atoms with Crippen LogP contribution in [0.15, 0.2) is 34.4 Å². The molecule has 0 radical (unpaired) electrons. The first-order valence-electron chi connectivity index (χ1n) is 4.65. The number of hydrogen-bond donors (Lipinski definition) is 0. The van der Waals surface area contributed by atoms with Crippen molar-refractivity contribution in [3.05, 3.63) is 40.0 Å². The van der Waals surface area contributed by atoms with E-state index in [-0.39, 0.29) is 5.56 Å². The van der Waals surface area contributed by atoms with E-state index < -0.39 is 0 Å². The van der Waals surface area contributed by atoms with Crippen molar-refractivity contribution >= 4 is 11.5 Å². The molecule has 0 aliphatic heterocycles. The van der Waals surface area contributed by atoms with Gasteiger partial charge in [0.15, 0.2) is 0 Å². The summed E-state index contributed by atoms with van der Waals surface area (Å²) >= 11 is 1.33. The molecule has 0 N–H and O–H groups in total. The Hall–Kier alpha value is -1.75. The van der Waals surface area contributed by atoms with Crippen LogP contribution in [0, 0.1) is 0 Å². The molecule has 84 valence electrons. The van der Waals surface area contributed by atoms with E-state index >= 15 is 0 Å². The lowest BCUT2D eigenvalue weighted by molar-refractivity contribution is 0.393. The van der Waals surface area contributed by atoms with E-state index in [9.17, 15) is 4.79 Å². The first-order valence-corrected chi connectivity index (χ1v) is 5.49. The van der Waals surface area contributed by atoms with Gasteiger partial charge in [0, 0.05) is 17.5 Å². The van der Waals surface area contributed by atoms with E-state index in [1.54, 1.807) is 41.8 Å². The molecule has 0 atom stereocenters. The minimum absolute atomic E-state index is 0.0616. The van der Waals surface area contributed by atoms with Crippen LogP contribution in [0.25, 0.3) is 5.69 Å². The zero-order chi connectivity index (χ0) is 11.5. The summed E-state index contributed by atoms with van der Waals surface area (Å²) in [6, 6.07) is 6.87. The smallest absolute Gasteiger partial charge is 0.265 e. The quantitative estimate of drug-likeness (QED) is 0.818. The molecule has 1 aromatic carbocycles. The maximum Gasteiger partial charge on any atom is 0.265 e. The number of hydrogen-bond acceptors (Lipinski definition) is 4. The fourth-order valence-corrected chi connectivity index (χ4v) is 2.13. The third kappa shape index (κ3) is 1.81. The Bertz CT molecular complexity index is 544. The summed E-state index contributed by atoms with van der Waals surface area (Å²) in [6.45, 7) is 0. The second-order valence-electron chi connectivity index (χ2n) is 3.08. The summed E-state index contributed by atoms with van der Waals surface area (Å²) in [6.07, 6.45) is 0. The largest absolute Gasteiger partial charge is 0.497 e. The average Bonchev–Trinajstić information content (AvgIpc) is 2.74. The molecule has 0 amide bonds. The van der Waals surface area contributed by atoms with E-state index in [2.05, 4.69) is 0 Å². The highest BCUT2D eigenvalue weighted by molar-refractivity contribution is 7.04. The van der Waals surface area contributed by atoms with Crippen LogP contribution < -0.4 is 15.0 Å². The number of ether oxygens (including phenoxy) is 2. The van der Waals surface area contributed by atoms with Gasteiger partial charge in [-0.2, -0.15) is 0 Å². The summed E-state index contributed by atoms with van der Waals surface area (Å²) in [5, 5.41) is 1.74. The summed E-state index contributed by atoms with van der Waals surface area (Å²) in [5.74, 6) is 1.31. The van der Waals surface area contributed by atoms with E-state index in [4.69, 9.17) is 9.47 Å². The molecule has 0 fully saturated rings. The van der Waals surface area contributed by atoms with Gasteiger partial charge in [-0.1, -0.05) is 11.5 Å². The Kier molecular flexibility index (Phi) is 2.96. The fraction of sp³-hybridized carbons (Fsp3) is 0.182. The predicted molar refractivity (Wildman–Crippen MR) is 63.0 cm³/mol. The third-order valence-electron chi connectivity index (χ3n) is 2.18. The molecule has 1 aromatic heterocycles. The van der Waals surface area contributed by atoms with Gasteiger partial charge in [-0.3, -0.25) is 4.79 Å². The predicted octanol–water partition coefficient (Wildman–Crippen LogP) is 1.92. The first-order chi connectivity index (χ1) is 7.76. The number of methoxy groups -OCH3 is 2. The average molecular weight is 237 g/mol. The van der Waals surface area contributed by atoms with Gasteiger partial charge in [0.25, 0.3) is 5.56 Å². The standard InChI is InChI=1S/C11H11NO3S/c1-14-8-3-4-9(10(7-8)15-2)12-11(13)5-6-16-12/h3-7H,1-2H3. The fourth-order valence-electron chi connectivity index (χ4n) is 1.40. The van der Waals surface area contributed by atoms with Crippen molar-refractivity contribution in [2.45, 2.75) is 0 Å². The van der Waals surface area contributed by atoms with E-state index in [0.717, 1.165) is 5.69 Å². The van der Waals surface area contributed by atoms with Crippen LogP contribution >= 0.6 is 11.5 Å². The number of benzene rings is 1. The molecule has 2 rings (SSSR count). The number of nitrogens with zero attached hydrogens (tertiary/aromatic N) is 1. The topological polar surface area (TPSA) is 40.5 Å². The Balaban J connectivity index is 2.57. The van der Waals surface area contributed by atoms with Gasteiger partial charge in [-0.25, -0.2) is 3.96 Å². The van der Waals surface area contributed by atoms with Crippen molar-refractivity contribution in [1.82, 2.24) is 3.96 Å². The second-order valence-corrected chi connectivity index (χ2v) is 3.93. The van der Waals surface area contributed by atoms with Crippen molar-refractivity contribution < 1.29 is 9.47 Å². The van der Waals surface area contributed by atoms with Crippen LogP contribution in [-0.4, -0.2) is 18.2 Å². The van der Waals surface area contributed by atoms with Crippen LogP contribution in [0.2, 0.25) is 0 Å². The van der Waals surface area contributed by atoms with E-state index in [0.29, 0.717) is 11.5 Å². The molecule has 0 saturated heterocycles. The van der Waals surface area contributed by atoms with Crippen LogP contribution in [-0.2, 0) is 0 Å². The maximum atomic E-state index is 11.5. The van der Waals surface area contributed by atoms with E-state index in [1.807, 2.05) is 0 Å². The van der Waals surface area contributed by atoms with Crippen molar-refractivity contribution in [3.63, 3.8) is 0 Å². The Morgan fingerprint density at radius 2 is 2.00 bits per heavy atom. The van der Waals surface area contributed by atoms with Gasteiger partial charge >= 0.3 is 0 Å². The number of aromatic nitrogens is 1. The van der Waals surface area contributed by atoms with Crippen molar-refractivity contribution in [2.24, 2.45) is 0 Å². The van der Waals surface area contributed by atoms with E-state index in [1.165, 1.54) is 17.6 Å². The zero-order valence-electron chi connectivity index (χ0n) is 8.97. The number of rotatable bonds is 3. The van der Waals surface area contributed by atoms with Crippen molar-refractivity contribution in [2.75, 3.05) is 14.2 Å². The molecule has 0 spiro atoms. The normalized spacial score (nSPS) is 10.1. The molecule has 0 aliphatic rings. The molecule has 16 heavy (non-hydrogen) atoms. The molecule has 2 aromatic rings. The Morgan fingerprint density at radius 1 is 1.19 bits per heavy atom. The highest BCUT2D eigenvalue weighted by atomic mass is 32.1. The van der Waals surface area contributed by atoms with Gasteiger partial charge in [-0.05, 0) is 12.1 Å². The lowest BCUT2D eigenvalue weighted by Crippen LogP contribution is -2.10. The molecule has 0 saturated carbocycles. The van der Waals surface area contributed by atoms with Gasteiger partial charge in [0.2, 0.25) is 0 Å². The Morgan fingerprint density at radius 3 is 2.56 bits per heavy atom. The molecule has 0 unspecified atom stereocenters. The summed E-state index contributed by atoms with van der Waals surface area (Å²) < 4.78 is 11.9. The Labute approximate surface area is 96.8 Å². The molecule has 1 heterocycles. The molecule has 0 bridgehead atoms. The van der Waals surface area contributed by atoms with Crippen LogP contribution in [0.5, 0.6) is 11.5 Å². The van der Waals surface area contributed by atoms with Crippen LogP contribution in [0.1, 0.15) is 0 Å². The first kappa shape index (κ1) is 10.8. The van der Waals surface area contributed by atoms with Gasteiger partial charge < -0.3 is 9.47 Å². The zero-order valence-corrected chi connectivity index (χ0v) is 9.78. The maximum absolute atomic E-state index is 11.5. The highest BCUT2D eigenvalue weighted by Crippen LogP contribution is 2.27. The van der Waals surface area contributed by atoms with Gasteiger partial charge in [-0.15, -0.1) is 0 Å². The highest BCUT2D eigenvalue weighted by Gasteiger charge is 2.09. The van der Waals surface area contributed by atoms with Crippen LogP contribution in [0.3, 0.4) is 0 Å². The third-order valence-corrected chi connectivity index (χ3v) is 3.03. The van der Waals surface area contributed by atoms with Gasteiger partial charge in [0.05, 0.1) is 14.2 Å². The molecular weight excluding hydrogens is 226 g/mol. The van der Waals surface area contributed by atoms with Crippen molar-refractivity contribution in [1.29, 1.82) is 0 Å². The lowest BCUT2D eigenvalue weighted by atomic mass is 10.3. The molecule has 4 nitrogen and oxygen atoms in total. The SMILES string of the molecule is COc1ccc(-n2sccc2=O)c(OC)c1. The lowest BCUT2D eigenvalue weighted by Gasteiger charge is -2.09. The molecule has 5 heteroatoms. The minimum atomic E-state index is -0.0616. The minimum Gasteiger partial charge on any atom is -0.497 e.